The average Bonchev–Trinajstić information content (AvgIpc) is 2.50. The molecule has 0 aliphatic carbocycles. The van der Waals surface area contributed by atoms with Crippen molar-refractivity contribution in [3.8, 4) is 0 Å². The predicted molar refractivity (Wildman–Crippen MR) is 92.0 cm³/mol. The number of carbonyl (C=O) groups is 2. The summed E-state index contributed by atoms with van der Waals surface area (Å²) in [6.45, 7) is 4.03. The molecule has 5 heteroatoms. The standard InChI is InChI=1S/C18H35NO3.Na.H/c1-3-4-5-6-7-8-9-10-11-12-16(20)14-13-15(2)17(19)18(21)22;;/h15,17H,3-14,19H2,1-2H3,(H,21,22);;/q;+1;-1/t15-,17-;;/m0../s1. The van der Waals surface area contributed by atoms with E-state index >= 15 is 0 Å². The number of hydrogen-bond donors (Lipinski definition) is 2. The smallest absolute Gasteiger partial charge is 1.00 e. The molecule has 0 aromatic rings. The van der Waals surface area contributed by atoms with Gasteiger partial charge in [0.2, 0.25) is 0 Å². The first-order valence-corrected chi connectivity index (χ1v) is 8.99. The SMILES string of the molecule is CCCCCCCCCCCC(=O)CC[C@H](C)[C@H](N)C(=O)O.[H-].[Na+]. The Morgan fingerprint density at radius 1 is 0.957 bits per heavy atom. The fraction of sp³-hybridized carbons (Fsp3) is 0.889. The Morgan fingerprint density at radius 2 is 1.43 bits per heavy atom. The van der Waals surface area contributed by atoms with Crippen LogP contribution in [-0.2, 0) is 9.59 Å². The van der Waals surface area contributed by atoms with Crippen LogP contribution in [0, 0.1) is 5.92 Å². The Bertz CT molecular complexity index is 317. The number of unbranched alkanes of at least 4 members (excludes halogenated alkanes) is 8. The summed E-state index contributed by atoms with van der Waals surface area (Å²) in [5, 5.41) is 8.80. The molecule has 0 aliphatic rings. The van der Waals surface area contributed by atoms with Crippen molar-refractivity contribution in [3.05, 3.63) is 0 Å². The summed E-state index contributed by atoms with van der Waals surface area (Å²) >= 11 is 0. The molecule has 2 atom stereocenters. The Balaban J connectivity index is -0.00000220. The van der Waals surface area contributed by atoms with Gasteiger partial charge in [0.05, 0.1) is 0 Å². The average molecular weight is 337 g/mol. The van der Waals surface area contributed by atoms with Crippen molar-refractivity contribution in [2.24, 2.45) is 11.7 Å². The van der Waals surface area contributed by atoms with Gasteiger partial charge in [-0.25, -0.2) is 0 Å². The molecule has 0 aromatic heterocycles. The number of carboxylic acid groups (broad SMARTS) is 1. The maximum atomic E-state index is 11.8. The van der Waals surface area contributed by atoms with Crippen molar-refractivity contribution in [1.29, 1.82) is 0 Å². The number of nitrogens with two attached hydrogens (primary N) is 1. The molecule has 0 spiro atoms. The zero-order valence-corrected chi connectivity index (χ0v) is 17.5. The van der Waals surface area contributed by atoms with E-state index in [1.165, 1.54) is 44.9 Å². The normalized spacial score (nSPS) is 13.2. The number of ketones is 1. The van der Waals surface area contributed by atoms with Crippen LogP contribution in [0.3, 0.4) is 0 Å². The van der Waals surface area contributed by atoms with Crippen LogP contribution in [0.25, 0.3) is 0 Å². The van der Waals surface area contributed by atoms with E-state index in [9.17, 15) is 9.59 Å². The number of rotatable bonds is 15. The van der Waals surface area contributed by atoms with Crippen LogP contribution >= 0.6 is 0 Å². The van der Waals surface area contributed by atoms with E-state index in [1.54, 1.807) is 6.92 Å². The number of aliphatic carboxylic acids is 1. The topological polar surface area (TPSA) is 80.4 Å². The minimum atomic E-state index is -0.987. The fourth-order valence-corrected chi connectivity index (χ4v) is 2.57. The second kappa shape index (κ2) is 16.9. The molecule has 0 heterocycles. The fourth-order valence-electron chi connectivity index (χ4n) is 2.57. The van der Waals surface area contributed by atoms with Crippen LogP contribution in [-0.4, -0.2) is 22.9 Å². The van der Waals surface area contributed by atoms with E-state index < -0.39 is 12.0 Å². The largest absolute Gasteiger partial charge is 1.00 e. The first kappa shape index (κ1) is 25.3. The number of hydrogen-bond acceptors (Lipinski definition) is 3. The minimum Gasteiger partial charge on any atom is -1.00 e. The quantitative estimate of drug-likeness (QED) is 0.350. The van der Waals surface area contributed by atoms with Crippen LogP contribution in [0.4, 0.5) is 0 Å². The zero-order valence-electron chi connectivity index (χ0n) is 16.5. The predicted octanol–water partition coefficient (Wildman–Crippen LogP) is 1.42. The maximum absolute atomic E-state index is 11.8. The van der Waals surface area contributed by atoms with Gasteiger partial charge in [-0.05, 0) is 18.8 Å². The zero-order chi connectivity index (χ0) is 16.8. The van der Waals surface area contributed by atoms with Gasteiger partial charge in [0, 0.05) is 12.8 Å². The van der Waals surface area contributed by atoms with Crippen molar-refractivity contribution < 1.29 is 45.7 Å². The third kappa shape index (κ3) is 15.4. The van der Waals surface area contributed by atoms with Crippen LogP contribution in [0.1, 0.15) is 92.3 Å². The molecular formula is C18H36NNaO3. The molecular weight excluding hydrogens is 301 g/mol. The molecule has 0 aliphatic heterocycles. The molecule has 0 aromatic carbocycles. The van der Waals surface area contributed by atoms with Crippen molar-refractivity contribution in [2.75, 3.05) is 0 Å². The number of carbonyl (C=O) groups excluding carboxylic acids is 1. The van der Waals surface area contributed by atoms with E-state index in [4.69, 9.17) is 10.8 Å². The van der Waals surface area contributed by atoms with E-state index in [2.05, 4.69) is 6.92 Å². The molecule has 0 bridgehead atoms. The second-order valence-electron chi connectivity index (χ2n) is 6.50. The van der Waals surface area contributed by atoms with Gasteiger partial charge in [0.15, 0.2) is 0 Å². The molecule has 23 heavy (non-hydrogen) atoms. The molecule has 0 amide bonds. The third-order valence-electron chi connectivity index (χ3n) is 4.34. The van der Waals surface area contributed by atoms with Crippen LogP contribution in [0.2, 0.25) is 0 Å². The molecule has 0 unspecified atom stereocenters. The van der Waals surface area contributed by atoms with Crippen molar-refractivity contribution in [1.82, 2.24) is 0 Å². The van der Waals surface area contributed by atoms with E-state index in [0.717, 1.165) is 12.8 Å². The molecule has 132 valence electrons. The van der Waals surface area contributed by atoms with Gasteiger partial charge in [-0.2, -0.15) is 0 Å². The first-order chi connectivity index (χ1) is 10.5. The molecule has 3 N–H and O–H groups in total. The number of carboxylic acids is 1. The number of Topliss-reactive ketones (excluding diaryl/α,β-unsaturated/α-hetero) is 1. The van der Waals surface area contributed by atoms with Gasteiger partial charge in [-0.15, -0.1) is 0 Å². The van der Waals surface area contributed by atoms with Crippen molar-refractivity contribution >= 4 is 11.8 Å². The Labute approximate surface area is 165 Å². The second-order valence-corrected chi connectivity index (χ2v) is 6.50. The summed E-state index contributed by atoms with van der Waals surface area (Å²) < 4.78 is 0. The van der Waals surface area contributed by atoms with Gasteiger partial charge in [-0.3, -0.25) is 9.59 Å². The minimum absolute atomic E-state index is 0. The van der Waals surface area contributed by atoms with Crippen molar-refractivity contribution in [3.63, 3.8) is 0 Å². The molecule has 0 radical (unpaired) electrons. The molecule has 4 nitrogen and oxygen atoms in total. The molecule has 0 fully saturated rings. The monoisotopic (exact) mass is 337 g/mol. The van der Waals surface area contributed by atoms with E-state index in [-0.39, 0.29) is 42.7 Å². The summed E-state index contributed by atoms with van der Waals surface area (Å²) in [7, 11) is 0. The first-order valence-electron chi connectivity index (χ1n) is 8.99. The summed E-state index contributed by atoms with van der Waals surface area (Å²) in [5.41, 5.74) is 5.53. The molecule has 0 saturated carbocycles. The van der Waals surface area contributed by atoms with Crippen LogP contribution < -0.4 is 35.3 Å². The summed E-state index contributed by atoms with van der Waals surface area (Å²) in [5.74, 6) is -0.893. The van der Waals surface area contributed by atoms with E-state index in [1.807, 2.05) is 0 Å². The van der Waals surface area contributed by atoms with E-state index in [0.29, 0.717) is 19.3 Å². The van der Waals surface area contributed by atoms with Crippen molar-refractivity contribution in [2.45, 2.75) is 96.9 Å². The molecule has 0 saturated heterocycles. The van der Waals surface area contributed by atoms with Gasteiger partial charge < -0.3 is 12.3 Å². The Morgan fingerprint density at radius 3 is 1.91 bits per heavy atom. The van der Waals surface area contributed by atoms with Crippen LogP contribution in [0.5, 0.6) is 0 Å². The van der Waals surface area contributed by atoms with Gasteiger partial charge in [0.1, 0.15) is 11.8 Å². The van der Waals surface area contributed by atoms with Gasteiger partial charge in [-0.1, -0.05) is 65.2 Å². The molecule has 0 rings (SSSR count). The third-order valence-corrected chi connectivity index (χ3v) is 4.34. The Hall–Kier alpha value is 0.100. The summed E-state index contributed by atoms with van der Waals surface area (Å²) in [4.78, 5) is 22.5. The van der Waals surface area contributed by atoms with Crippen LogP contribution in [0.15, 0.2) is 0 Å². The van der Waals surface area contributed by atoms with Gasteiger partial charge >= 0.3 is 35.5 Å². The summed E-state index contributed by atoms with van der Waals surface area (Å²) in [6, 6.07) is -0.861. The van der Waals surface area contributed by atoms with Gasteiger partial charge in [0.25, 0.3) is 0 Å². The summed E-state index contributed by atoms with van der Waals surface area (Å²) in [6.07, 6.45) is 12.9. The maximum Gasteiger partial charge on any atom is 1.00 e. The Kier molecular flexibility index (Phi) is 18.7.